The van der Waals surface area contributed by atoms with Crippen LogP contribution in [0.4, 0.5) is 5.69 Å². The van der Waals surface area contributed by atoms with Crippen molar-refractivity contribution in [2.75, 3.05) is 44.7 Å². The van der Waals surface area contributed by atoms with Gasteiger partial charge in [-0.1, -0.05) is 18.2 Å². The SMILES string of the molecule is CN=C(NCC(C)N1CCN(c2ccccc2)CC1)NC(C)Cc1c(C)nn(C)c1C.I. The van der Waals surface area contributed by atoms with Crippen molar-refractivity contribution in [2.45, 2.75) is 46.2 Å². The topological polar surface area (TPSA) is 60.7 Å². The van der Waals surface area contributed by atoms with Crippen LogP contribution in [0.25, 0.3) is 0 Å². The minimum Gasteiger partial charge on any atom is -0.369 e. The molecule has 0 bridgehead atoms. The predicted molar refractivity (Wildman–Crippen MR) is 145 cm³/mol. The Morgan fingerprint density at radius 3 is 2.31 bits per heavy atom. The number of hydrogen-bond donors (Lipinski definition) is 2. The smallest absolute Gasteiger partial charge is 0.191 e. The van der Waals surface area contributed by atoms with E-state index >= 15 is 0 Å². The molecule has 0 saturated carbocycles. The minimum absolute atomic E-state index is 0. The predicted octanol–water partition coefficient (Wildman–Crippen LogP) is 2.96. The third kappa shape index (κ3) is 6.84. The number of para-hydroxylation sites is 1. The van der Waals surface area contributed by atoms with Crippen molar-refractivity contribution in [3.63, 3.8) is 0 Å². The van der Waals surface area contributed by atoms with E-state index in [1.807, 2.05) is 18.8 Å². The van der Waals surface area contributed by atoms with Gasteiger partial charge in [0, 0.05) is 70.3 Å². The lowest BCUT2D eigenvalue weighted by molar-refractivity contribution is 0.197. The summed E-state index contributed by atoms with van der Waals surface area (Å²) < 4.78 is 1.96. The molecule has 178 valence electrons. The van der Waals surface area contributed by atoms with Crippen LogP contribution >= 0.6 is 24.0 Å². The molecular weight excluding hydrogens is 513 g/mol. The first-order valence-electron chi connectivity index (χ1n) is 11.4. The molecule has 7 nitrogen and oxygen atoms in total. The zero-order valence-electron chi connectivity index (χ0n) is 20.4. The number of aliphatic imine (C=N–C) groups is 1. The van der Waals surface area contributed by atoms with Crippen LogP contribution in [0.3, 0.4) is 0 Å². The van der Waals surface area contributed by atoms with Crippen molar-refractivity contribution in [1.29, 1.82) is 0 Å². The van der Waals surface area contributed by atoms with Crippen LogP contribution in [0.15, 0.2) is 35.3 Å². The van der Waals surface area contributed by atoms with Crippen LogP contribution in [-0.4, -0.2) is 72.5 Å². The molecule has 2 unspecified atom stereocenters. The zero-order valence-corrected chi connectivity index (χ0v) is 22.8. The number of aryl methyl sites for hydroxylation is 2. The first-order valence-corrected chi connectivity index (χ1v) is 11.4. The molecule has 0 radical (unpaired) electrons. The van der Waals surface area contributed by atoms with E-state index in [4.69, 9.17) is 0 Å². The van der Waals surface area contributed by atoms with Crippen LogP contribution in [-0.2, 0) is 13.5 Å². The highest BCUT2D eigenvalue weighted by atomic mass is 127. The van der Waals surface area contributed by atoms with E-state index in [9.17, 15) is 0 Å². The molecule has 1 aromatic heterocycles. The summed E-state index contributed by atoms with van der Waals surface area (Å²) in [6.45, 7) is 13.9. The van der Waals surface area contributed by atoms with Gasteiger partial charge in [-0.15, -0.1) is 24.0 Å². The molecule has 0 aliphatic carbocycles. The van der Waals surface area contributed by atoms with Gasteiger partial charge >= 0.3 is 0 Å². The molecule has 8 heteroatoms. The molecule has 0 amide bonds. The lowest BCUT2D eigenvalue weighted by Crippen LogP contribution is -2.53. The van der Waals surface area contributed by atoms with Gasteiger partial charge in [0.2, 0.25) is 0 Å². The average Bonchev–Trinajstić information content (AvgIpc) is 3.03. The van der Waals surface area contributed by atoms with E-state index in [1.165, 1.54) is 16.9 Å². The average molecular weight is 554 g/mol. The quantitative estimate of drug-likeness (QED) is 0.314. The van der Waals surface area contributed by atoms with Gasteiger partial charge in [-0.2, -0.15) is 5.10 Å². The highest BCUT2D eigenvalue weighted by Gasteiger charge is 2.21. The highest BCUT2D eigenvalue weighted by Crippen LogP contribution is 2.17. The van der Waals surface area contributed by atoms with E-state index < -0.39 is 0 Å². The maximum Gasteiger partial charge on any atom is 0.191 e. The van der Waals surface area contributed by atoms with Crippen molar-refractivity contribution in [3.8, 4) is 0 Å². The second-order valence-electron chi connectivity index (χ2n) is 8.68. The van der Waals surface area contributed by atoms with E-state index in [0.717, 1.165) is 50.8 Å². The molecule has 0 spiro atoms. The van der Waals surface area contributed by atoms with Crippen molar-refractivity contribution in [3.05, 3.63) is 47.3 Å². The molecule has 1 fully saturated rings. The van der Waals surface area contributed by atoms with Crippen molar-refractivity contribution in [1.82, 2.24) is 25.3 Å². The number of aromatic nitrogens is 2. The second-order valence-corrected chi connectivity index (χ2v) is 8.68. The van der Waals surface area contributed by atoms with Gasteiger partial charge in [0.15, 0.2) is 5.96 Å². The van der Waals surface area contributed by atoms with Crippen LogP contribution < -0.4 is 15.5 Å². The largest absolute Gasteiger partial charge is 0.369 e. The first kappa shape index (κ1) is 26.4. The fourth-order valence-electron chi connectivity index (χ4n) is 4.33. The summed E-state index contributed by atoms with van der Waals surface area (Å²) in [5, 5.41) is 11.6. The van der Waals surface area contributed by atoms with Crippen LogP contribution in [0.1, 0.15) is 30.8 Å². The van der Waals surface area contributed by atoms with Gasteiger partial charge in [0.1, 0.15) is 0 Å². The van der Waals surface area contributed by atoms with Gasteiger partial charge < -0.3 is 15.5 Å². The molecule has 1 aliphatic rings. The zero-order chi connectivity index (χ0) is 22.4. The van der Waals surface area contributed by atoms with E-state index in [2.05, 4.69) is 88.6 Å². The lowest BCUT2D eigenvalue weighted by atomic mass is 10.1. The third-order valence-corrected chi connectivity index (χ3v) is 6.40. The fraction of sp³-hybridized carbons (Fsp3) is 0.583. The summed E-state index contributed by atoms with van der Waals surface area (Å²) in [5.41, 5.74) is 4.99. The summed E-state index contributed by atoms with van der Waals surface area (Å²) in [7, 11) is 3.84. The Labute approximate surface area is 210 Å². The molecule has 1 saturated heterocycles. The number of nitrogens with one attached hydrogen (secondary N) is 2. The molecule has 32 heavy (non-hydrogen) atoms. The number of nitrogens with zero attached hydrogens (tertiary/aromatic N) is 5. The van der Waals surface area contributed by atoms with E-state index in [1.54, 1.807) is 0 Å². The Morgan fingerprint density at radius 1 is 1.09 bits per heavy atom. The molecule has 1 aromatic carbocycles. The normalized spacial score (nSPS) is 16.9. The third-order valence-electron chi connectivity index (χ3n) is 6.40. The molecular formula is C24H40IN7. The molecule has 1 aliphatic heterocycles. The van der Waals surface area contributed by atoms with Crippen molar-refractivity contribution in [2.24, 2.45) is 12.0 Å². The van der Waals surface area contributed by atoms with Crippen LogP contribution in [0.5, 0.6) is 0 Å². The second kappa shape index (κ2) is 12.4. The number of guanidine groups is 1. The van der Waals surface area contributed by atoms with Gasteiger partial charge in [-0.3, -0.25) is 14.6 Å². The Bertz CT molecular complexity index is 857. The number of hydrogen-bond acceptors (Lipinski definition) is 4. The molecule has 2 aromatic rings. The lowest BCUT2D eigenvalue weighted by Gasteiger charge is -2.39. The van der Waals surface area contributed by atoms with Gasteiger partial charge in [0.05, 0.1) is 5.69 Å². The summed E-state index contributed by atoms with van der Waals surface area (Å²) in [6, 6.07) is 11.4. The van der Waals surface area contributed by atoms with E-state index in [0.29, 0.717) is 6.04 Å². The summed E-state index contributed by atoms with van der Waals surface area (Å²) in [4.78, 5) is 9.47. The standard InChI is InChI=1S/C24H39N7.HI/c1-18(16-23-20(3)28-29(6)21(23)4)27-24(25-5)26-17-19(2)30-12-14-31(15-13-30)22-10-8-7-9-11-22;/h7-11,18-19H,12-17H2,1-6H3,(H2,25,26,27);1H. The summed E-state index contributed by atoms with van der Waals surface area (Å²) >= 11 is 0. The number of piperazine rings is 1. The van der Waals surface area contributed by atoms with Gasteiger partial charge in [0.25, 0.3) is 0 Å². The summed E-state index contributed by atoms with van der Waals surface area (Å²) in [6.07, 6.45) is 0.934. The molecule has 2 atom stereocenters. The first-order chi connectivity index (χ1) is 14.9. The van der Waals surface area contributed by atoms with E-state index in [-0.39, 0.29) is 30.0 Å². The monoisotopic (exact) mass is 553 g/mol. The highest BCUT2D eigenvalue weighted by molar-refractivity contribution is 14.0. The summed E-state index contributed by atoms with van der Waals surface area (Å²) in [5.74, 6) is 0.862. The maximum atomic E-state index is 4.53. The Balaban J connectivity index is 0.00000363. The van der Waals surface area contributed by atoms with Crippen LogP contribution in [0.2, 0.25) is 0 Å². The van der Waals surface area contributed by atoms with Crippen molar-refractivity contribution >= 4 is 35.6 Å². The van der Waals surface area contributed by atoms with Crippen molar-refractivity contribution < 1.29 is 0 Å². The molecule has 3 rings (SSSR count). The number of halogens is 1. The molecule has 2 N–H and O–H groups in total. The number of anilines is 1. The molecule has 2 heterocycles. The minimum atomic E-state index is 0. The fourth-order valence-corrected chi connectivity index (χ4v) is 4.33. The Kier molecular flexibility index (Phi) is 10.3. The Hall–Kier alpha value is -1.81. The van der Waals surface area contributed by atoms with Gasteiger partial charge in [-0.25, -0.2) is 0 Å². The van der Waals surface area contributed by atoms with Gasteiger partial charge in [-0.05, 0) is 51.8 Å². The number of benzene rings is 1. The number of rotatable bonds is 7. The Morgan fingerprint density at radius 2 is 1.75 bits per heavy atom. The van der Waals surface area contributed by atoms with Crippen LogP contribution in [0, 0.1) is 13.8 Å². The maximum absolute atomic E-state index is 4.53.